The first-order chi connectivity index (χ1) is 11.0. The van der Waals surface area contributed by atoms with E-state index in [-0.39, 0.29) is 30.3 Å². The number of hydrogen-bond acceptors (Lipinski definition) is 3. The Morgan fingerprint density at radius 2 is 2.04 bits per heavy atom. The molecule has 2 aliphatic heterocycles. The number of amides is 3. The molecule has 1 N–H and O–H groups in total. The third-order valence-electron chi connectivity index (χ3n) is 4.99. The van der Waals surface area contributed by atoms with Gasteiger partial charge in [0.05, 0.1) is 11.3 Å². The number of nitrogens with one attached hydrogen (secondary N) is 1. The van der Waals surface area contributed by atoms with Crippen LogP contribution in [0.25, 0.3) is 0 Å². The summed E-state index contributed by atoms with van der Waals surface area (Å²) in [5.74, 6) is -0.333. The van der Waals surface area contributed by atoms with Crippen LogP contribution >= 0.6 is 0 Å². The van der Waals surface area contributed by atoms with Crippen molar-refractivity contribution >= 4 is 23.4 Å². The zero-order chi connectivity index (χ0) is 16.2. The van der Waals surface area contributed by atoms with Crippen molar-refractivity contribution < 1.29 is 14.4 Å². The molecule has 1 atom stereocenters. The monoisotopic (exact) mass is 313 g/mol. The highest BCUT2D eigenvalue weighted by Gasteiger charge is 2.53. The Labute approximate surface area is 134 Å². The molecule has 4 rings (SSSR count). The maximum absolute atomic E-state index is 12.9. The van der Waals surface area contributed by atoms with Gasteiger partial charge in [-0.1, -0.05) is 12.1 Å². The number of benzene rings is 1. The van der Waals surface area contributed by atoms with E-state index in [0.717, 1.165) is 12.8 Å². The van der Waals surface area contributed by atoms with E-state index in [0.29, 0.717) is 24.1 Å². The third kappa shape index (κ3) is 2.12. The topological polar surface area (TPSA) is 69.7 Å². The Morgan fingerprint density at radius 1 is 1.30 bits per heavy atom. The molecule has 3 aliphatic rings. The van der Waals surface area contributed by atoms with Crippen LogP contribution < -0.4 is 10.2 Å². The lowest BCUT2D eigenvalue weighted by Crippen LogP contribution is -2.63. The van der Waals surface area contributed by atoms with Gasteiger partial charge in [0.1, 0.15) is 12.2 Å². The summed E-state index contributed by atoms with van der Waals surface area (Å²) in [6, 6.07) is 7.38. The Hall–Kier alpha value is -2.37. The zero-order valence-corrected chi connectivity index (χ0v) is 13.0. The summed E-state index contributed by atoms with van der Waals surface area (Å²) in [7, 11) is 0. The fraction of sp³-hybridized carbons (Fsp3) is 0.471. The minimum Gasteiger partial charge on any atom is -0.352 e. The van der Waals surface area contributed by atoms with Crippen LogP contribution in [0.1, 0.15) is 43.0 Å². The van der Waals surface area contributed by atoms with Crippen molar-refractivity contribution in [2.75, 3.05) is 11.4 Å². The predicted octanol–water partition coefficient (Wildman–Crippen LogP) is 1.26. The number of rotatable bonds is 3. The second kappa shape index (κ2) is 4.81. The first-order valence-electron chi connectivity index (χ1n) is 8.04. The highest BCUT2D eigenvalue weighted by atomic mass is 16.2. The standard InChI is InChI=1S/C17H19N3O3/c1-17-9-8-15(22)20(17)13-5-3-2-4-12(13)16(23)19(17)10-14(21)18-11-6-7-11/h2-5,11H,6-10H2,1H3,(H,18,21). The van der Waals surface area contributed by atoms with Gasteiger partial charge in [-0.25, -0.2) is 0 Å². The molecule has 1 saturated carbocycles. The smallest absolute Gasteiger partial charge is 0.258 e. The molecular formula is C17H19N3O3. The molecule has 2 fully saturated rings. The van der Waals surface area contributed by atoms with Crippen LogP contribution in [-0.4, -0.2) is 40.9 Å². The number of nitrogens with zero attached hydrogens (tertiary/aromatic N) is 2. The molecule has 23 heavy (non-hydrogen) atoms. The second-order valence-corrected chi connectivity index (χ2v) is 6.70. The minimum absolute atomic E-state index is 0.0000473. The summed E-state index contributed by atoms with van der Waals surface area (Å²) in [6.07, 6.45) is 2.94. The number of carbonyl (C=O) groups excluding carboxylic acids is 3. The summed E-state index contributed by atoms with van der Waals surface area (Å²) in [5, 5.41) is 2.92. The highest BCUT2D eigenvalue weighted by Crippen LogP contribution is 2.43. The van der Waals surface area contributed by atoms with Gasteiger partial charge in [-0.15, -0.1) is 0 Å². The van der Waals surface area contributed by atoms with Gasteiger partial charge in [-0.2, -0.15) is 0 Å². The molecule has 6 nitrogen and oxygen atoms in total. The Balaban J connectivity index is 1.72. The first-order valence-corrected chi connectivity index (χ1v) is 8.04. The van der Waals surface area contributed by atoms with E-state index in [1.54, 1.807) is 28.0 Å². The van der Waals surface area contributed by atoms with Crippen LogP contribution in [0.3, 0.4) is 0 Å². The molecule has 1 aromatic rings. The number of hydrogen-bond donors (Lipinski definition) is 1. The molecule has 2 heterocycles. The van der Waals surface area contributed by atoms with Gasteiger partial charge in [0.15, 0.2) is 0 Å². The van der Waals surface area contributed by atoms with Gasteiger partial charge in [0, 0.05) is 12.5 Å². The van der Waals surface area contributed by atoms with Gasteiger partial charge in [0.25, 0.3) is 5.91 Å². The number of anilines is 1. The summed E-state index contributed by atoms with van der Waals surface area (Å²) in [6.45, 7) is 1.86. The van der Waals surface area contributed by atoms with E-state index in [4.69, 9.17) is 0 Å². The van der Waals surface area contributed by atoms with Crippen LogP contribution in [0.2, 0.25) is 0 Å². The summed E-state index contributed by atoms with van der Waals surface area (Å²) in [5.41, 5.74) is 0.379. The lowest BCUT2D eigenvalue weighted by Gasteiger charge is -2.48. The maximum atomic E-state index is 12.9. The molecule has 1 aliphatic carbocycles. The van der Waals surface area contributed by atoms with Crippen molar-refractivity contribution in [3.8, 4) is 0 Å². The SMILES string of the molecule is CC12CCC(=O)N1c1ccccc1C(=O)N2CC(=O)NC1CC1. The molecule has 3 amide bonds. The molecule has 120 valence electrons. The number of fused-ring (bicyclic) bond motifs is 3. The normalized spacial score (nSPS) is 26.1. The Morgan fingerprint density at radius 3 is 2.78 bits per heavy atom. The minimum atomic E-state index is -0.761. The Bertz CT molecular complexity index is 713. The number of para-hydroxylation sites is 1. The Kier molecular flexibility index (Phi) is 2.98. The van der Waals surface area contributed by atoms with Gasteiger partial charge < -0.3 is 10.2 Å². The largest absolute Gasteiger partial charge is 0.352 e. The van der Waals surface area contributed by atoms with Gasteiger partial charge >= 0.3 is 0 Å². The maximum Gasteiger partial charge on any atom is 0.258 e. The molecule has 1 unspecified atom stereocenters. The van der Waals surface area contributed by atoms with E-state index in [1.807, 2.05) is 13.0 Å². The van der Waals surface area contributed by atoms with E-state index < -0.39 is 5.66 Å². The van der Waals surface area contributed by atoms with Crippen molar-refractivity contribution in [2.45, 2.75) is 44.3 Å². The first kappa shape index (κ1) is 14.2. The summed E-state index contributed by atoms with van der Waals surface area (Å²) < 4.78 is 0. The third-order valence-corrected chi connectivity index (χ3v) is 4.99. The summed E-state index contributed by atoms with van der Waals surface area (Å²) >= 11 is 0. The zero-order valence-electron chi connectivity index (χ0n) is 13.0. The quantitative estimate of drug-likeness (QED) is 0.913. The van der Waals surface area contributed by atoms with Crippen LogP contribution in [0, 0.1) is 0 Å². The molecule has 0 radical (unpaired) electrons. The van der Waals surface area contributed by atoms with Crippen LogP contribution in [0.5, 0.6) is 0 Å². The highest BCUT2D eigenvalue weighted by molar-refractivity contribution is 6.11. The lowest BCUT2D eigenvalue weighted by atomic mass is 9.98. The van der Waals surface area contributed by atoms with Crippen LogP contribution in [0.4, 0.5) is 5.69 Å². The van der Waals surface area contributed by atoms with E-state index in [1.165, 1.54) is 0 Å². The molecule has 0 bridgehead atoms. The molecule has 0 spiro atoms. The predicted molar refractivity (Wildman–Crippen MR) is 83.8 cm³/mol. The molecule has 0 aromatic heterocycles. The molecular weight excluding hydrogens is 294 g/mol. The van der Waals surface area contributed by atoms with Crippen molar-refractivity contribution in [1.82, 2.24) is 10.2 Å². The van der Waals surface area contributed by atoms with Crippen molar-refractivity contribution in [2.24, 2.45) is 0 Å². The van der Waals surface area contributed by atoms with Gasteiger partial charge in [-0.3, -0.25) is 19.3 Å². The van der Waals surface area contributed by atoms with E-state index in [2.05, 4.69) is 5.32 Å². The molecule has 1 aromatic carbocycles. The van der Waals surface area contributed by atoms with Crippen molar-refractivity contribution in [3.05, 3.63) is 29.8 Å². The summed E-state index contributed by atoms with van der Waals surface area (Å²) in [4.78, 5) is 40.8. The fourth-order valence-corrected chi connectivity index (χ4v) is 3.59. The van der Waals surface area contributed by atoms with Gasteiger partial charge in [-0.05, 0) is 38.3 Å². The van der Waals surface area contributed by atoms with Crippen molar-refractivity contribution in [1.29, 1.82) is 0 Å². The van der Waals surface area contributed by atoms with Crippen LogP contribution in [-0.2, 0) is 9.59 Å². The number of carbonyl (C=O) groups is 3. The van der Waals surface area contributed by atoms with Gasteiger partial charge in [0.2, 0.25) is 11.8 Å². The molecule has 1 saturated heterocycles. The molecule has 6 heteroatoms. The van der Waals surface area contributed by atoms with Crippen molar-refractivity contribution in [3.63, 3.8) is 0 Å². The van der Waals surface area contributed by atoms with E-state index >= 15 is 0 Å². The second-order valence-electron chi connectivity index (χ2n) is 6.70. The lowest BCUT2D eigenvalue weighted by molar-refractivity contribution is -0.124. The average molecular weight is 313 g/mol. The van der Waals surface area contributed by atoms with Crippen LogP contribution in [0.15, 0.2) is 24.3 Å². The average Bonchev–Trinajstić information content (AvgIpc) is 3.28. The fourth-order valence-electron chi connectivity index (χ4n) is 3.59. The van der Waals surface area contributed by atoms with E-state index in [9.17, 15) is 14.4 Å².